The molecule has 106 valence electrons. The third kappa shape index (κ3) is 2.73. The summed E-state index contributed by atoms with van der Waals surface area (Å²) in [7, 11) is 0. The largest absolute Gasteiger partial charge is 0.384 e. The van der Waals surface area contributed by atoms with Crippen molar-refractivity contribution in [1.82, 2.24) is 9.78 Å². The van der Waals surface area contributed by atoms with Gasteiger partial charge in [-0.15, -0.1) is 0 Å². The Morgan fingerprint density at radius 3 is 2.38 bits per heavy atom. The molecule has 0 radical (unpaired) electrons. The molecule has 2 N–H and O–H groups in total. The van der Waals surface area contributed by atoms with Crippen molar-refractivity contribution in [1.29, 1.82) is 0 Å². The minimum atomic E-state index is -0.299. The van der Waals surface area contributed by atoms with Crippen molar-refractivity contribution in [2.45, 2.75) is 0 Å². The molecule has 21 heavy (non-hydrogen) atoms. The van der Waals surface area contributed by atoms with Crippen LogP contribution in [-0.2, 0) is 0 Å². The molecular weight excluding hydrogens is 312 g/mol. The standard InChI is InChI=1S/C15H10Cl2FN3/c16-10-3-6-14(12(17)7-10)21-15(19)8-13(20-21)9-1-4-11(18)5-2-9/h1-8H,19H2. The van der Waals surface area contributed by atoms with E-state index in [1.165, 1.54) is 16.8 Å². The topological polar surface area (TPSA) is 43.8 Å². The molecule has 0 saturated heterocycles. The van der Waals surface area contributed by atoms with E-state index in [9.17, 15) is 4.39 Å². The van der Waals surface area contributed by atoms with Crippen molar-refractivity contribution >= 4 is 29.0 Å². The van der Waals surface area contributed by atoms with E-state index in [4.69, 9.17) is 28.9 Å². The average molecular weight is 322 g/mol. The Bertz CT molecular complexity index is 797. The summed E-state index contributed by atoms with van der Waals surface area (Å²) in [5, 5.41) is 5.39. The van der Waals surface area contributed by atoms with E-state index in [1.54, 1.807) is 36.4 Å². The molecule has 0 spiro atoms. The van der Waals surface area contributed by atoms with Gasteiger partial charge in [-0.2, -0.15) is 5.10 Å². The molecule has 0 aliphatic carbocycles. The first-order chi connectivity index (χ1) is 10.0. The molecule has 0 unspecified atom stereocenters. The summed E-state index contributed by atoms with van der Waals surface area (Å²) < 4.78 is 14.5. The molecule has 2 aromatic carbocycles. The highest BCUT2D eigenvalue weighted by atomic mass is 35.5. The van der Waals surface area contributed by atoms with E-state index in [-0.39, 0.29) is 5.82 Å². The zero-order chi connectivity index (χ0) is 15.0. The minimum absolute atomic E-state index is 0.299. The fourth-order valence-electron chi connectivity index (χ4n) is 2.00. The fraction of sp³-hybridized carbons (Fsp3) is 0. The maximum Gasteiger partial charge on any atom is 0.127 e. The number of hydrogen-bond acceptors (Lipinski definition) is 2. The van der Waals surface area contributed by atoms with Gasteiger partial charge in [-0.3, -0.25) is 0 Å². The van der Waals surface area contributed by atoms with Crippen molar-refractivity contribution in [3.63, 3.8) is 0 Å². The zero-order valence-electron chi connectivity index (χ0n) is 10.7. The summed E-state index contributed by atoms with van der Waals surface area (Å²) >= 11 is 12.0. The van der Waals surface area contributed by atoms with E-state index in [1.807, 2.05) is 0 Å². The van der Waals surface area contributed by atoms with E-state index in [0.717, 1.165) is 5.56 Å². The summed E-state index contributed by atoms with van der Waals surface area (Å²) in [4.78, 5) is 0. The second-order valence-electron chi connectivity index (χ2n) is 4.47. The van der Waals surface area contributed by atoms with Crippen LogP contribution in [0.3, 0.4) is 0 Å². The molecule has 3 rings (SSSR count). The van der Waals surface area contributed by atoms with Crippen LogP contribution in [0.4, 0.5) is 10.2 Å². The minimum Gasteiger partial charge on any atom is -0.384 e. The first-order valence-corrected chi connectivity index (χ1v) is 6.87. The first kappa shape index (κ1) is 13.9. The molecule has 3 nitrogen and oxygen atoms in total. The van der Waals surface area contributed by atoms with Gasteiger partial charge in [-0.25, -0.2) is 9.07 Å². The molecule has 3 aromatic rings. The molecule has 0 fully saturated rings. The van der Waals surface area contributed by atoms with Gasteiger partial charge in [0.1, 0.15) is 11.6 Å². The highest BCUT2D eigenvalue weighted by Crippen LogP contribution is 2.28. The van der Waals surface area contributed by atoms with Crippen molar-refractivity contribution in [3.8, 4) is 16.9 Å². The maximum atomic E-state index is 13.0. The Balaban J connectivity index is 2.07. The van der Waals surface area contributed by atoms with Gasteiger partial charge in [-0.05, 0) is 42.5 Å². The van der Waals surface area contributed by atoms with Gasteiger partial charge in [0.15, 0.2) is 0 Å². The van der Waals surface area contributed by atoms with E-state index >= 15 is 0 Å². The number of hydrogen-bond donors (Lipinski definition) is 1. The monoisotopic (exact) mass is 321 g/mol. The van der Waals surface area contributed by atoms with E-state index in [2.05, 4.69) is 5.10 Å². The number of aromatic nitrogens is 2. The van der Waals surface area contributed by atoms with Crippen molar-refractivity contribution in [2.75, 3.05) is 5.73 Å². The third-order valence-corrected chi connectivity index (χ3v) is 3.55. The molecular formula is C15H10Cl2FN3. The van der Waals surface area contributed by atoms with Crippen LogP contribution in [-0.4, -0.2) is 9.78 Å². The summed E-state index contributed by atoms with van der Waals surface area (Å²) in [5.41, 5.74) is 8.02. The lowest BCUT2D eigenvalue weighted by Crippen LogP contribution is -2.02. The Hall–Kier alpha value is -2.04. The fourth-order valence-corrected chi connectivity index (χ4v) is 2.49. The smallest absolute Gasteiger partial charge is 0.127 e. The number of benzene rings is 2. The summed E-state index contributed by atoms with van der Waals surface area (Å²) in [6, 6.07) is 12.8. The number of anilines is 1. The third-order valence-electron chi connectivity index (χ3n) is 3.01. The maximum absolute atomic E-state index is 13.0. The molecule has 1 heterocycles. The van der Waals surface area contributed by atoms with Crippen LogP contribution >= 0.6 is 23.2 Å². The van der Waals surface area contributed by atoms with Crippen molar-refractivity contribution < 1.29 is 4.39 Å². The van der Waals surface area contributed by atoms with Gasteiger partial charge in [0.2, 0.25) is 0 Å². The van der Waals surface area contributed by atoms with Gasteiger partial charge >= 0.3 is 0 Å². The summed E-state index contributed by atoms with van der Waals surface area (Å²) in [6.45, 7) is 0. The predicted molar refractivity (Wildman–Crippen MR) is 83.4 cm³/mol. The molecule has 1 aromatic heterocycles. The second kappa shape index (κ2) is 5.39. The predicted octanol–water partition coefficient (Wildman–Crippen LogP) is 4.57. The lowest BCUT2D eigenvalue weighted by molar-refractivity contribution is 0.628. The van der Waals surface area contributed by atoms with Gasteiger partial charge < -0.3 is 5.73 Å². The molecule has 0 bridgehead atoms. The highest BCUT2D eigenvalue weighted by Gasteiger charge is 2.11. The summed E-state index contributed by atoms with van der Waals surface area (Å²) in [6.07, 6.45) is 0. The lowest BCUT2D eigenvalue weighted by atomic mass is 10.1. The van der Waals surface area contributed by atoms with E-state index < -0.39 is 0 Å². The molecule has 0 saturated carbocycles. The van der Waals surface area contributed by atoms with Gasteiger partial charge in [-0.1, -0.05) is 23.2 Å². The molecule has 0 aliphatic rings. The normalized spacial score (nSPS) is 10.8. The van der Waals surface area contributed by atoms with Gasteiger partial charge in [0, 0.05) is 16.7 Å². The Morgan fingerprint density at radius 2 is 1.71 bits per heavy atom. The van der Waals surface area contributed by atoms with Crippen LogP contribution in [0.2, 0.25) is 10.0 Å². The number of rotatable bonds is 2. The Kier molecular flexibility index (Phi) is 3.57. The number of nitrogen functional groups attached to an aromatic ring is 1. The number of nitrogens with zero attached hydrogens (tertiary/aromatic N) is 2. The SMILES string of the molecule is Nc1cc(-c2ccc(F)cc2)nn1-c1ccc(Cl)cc1Cl. The molecule has 6 heteroatoms. The number of halogens is 3. The van der Waals surface area contributed by atoms with Crippen molar-refractivity contribution in [3.05, 3.63) is 64.4 Å². The highest BCUT2D eigenvalue weighted by molar-refractivity contribution is 6.35. The van der Waals surface area contributed by atoms with Crippen LogP contribution in [0.25, 0.3) is 16.9 Å². The molecule has 0 atom stereocenters. The van der Waals surface area contributed by atoms with Crippen LogP contribution in [0.15, 0.2) is 48.5 Å². The number of nitrogens with two attached hydrogens (primary N) is 1. The molecule has 0 amide bonds. The quantitative estimate of drug-likeness (QED) is 0.751. The van der Waals surface area contributed by atoms with Crippen LogP contribution < -0.4 is 5.73 Å². The first-order valence-electron chi connectivity index (χ1n) is 6.11. The van der Waals surface area contributed by atoms with Gasteiger partial charge in [0.25, 0.3) is 0 Å². The Labute approximate surface area is 130 Å². The van der Waals surface area contributed by atoms with E-state index in [0.29, 0.717) is 27.2 Å². The van der Waals surface area contributed by atoms with Crippen molar-refractivity contribution in [2.24, 2.45) is 0 Å². The zero-order valence-corrected chi connectivity index (χ0v) is 12.2. The van der Waals surface area contributed by atoms with Crippen LogP contribution in [0.5, 0.6) is 0 Å². The van der Waals surface area contributed by atoms with Crippen LogP contribution in [0, 0.1) is 5.82 Å². The molecule has 0 aliphatic heterocycles. The second-order valence-corrected chi connectivity index (χ2v) is 5.31. The van der Waals surface area contributed by atoms with Crippen LogP contribution in [0.1, 0.15) is 0 Å². The summed E-state index contributed by atoms with van der Waals surface area (Å²) in [5.74, 6) is 0.130. The Morgan fingerprint density at radius 1 is 1.00 bits per heavy atom. The average Bonchev–Trinajstić information content (AvgIpc) is 2.81. The lowest BCUT2D eigenvalue weighted by Gasteiger charge is -2.06. The van der Waals surface area contributed by atoms with Gasteiger partial charge in [0.05, 0.1) is 16.4 Å².